The summed E-state index contributed by atoms with van der Waals surface area (Å²) in [5, 5.41) is 5.08. The van der Waals surface area contributed by atoms with Gasteiger partial charge >= 0.3 is 0 Å². The number of nitrogens with zero attached hydrogens (tertiary/aromatic N) is 2. The van der Waals surface area contributed by atoms with Crippen molar-refractivity contribution in [2.24, 2.45) is 7.05 Å². The third-order valence-corrected chi connectivity index (χ3v) is 2.97. The van der Waals surface area contributed by atoms with Crippen LogP contribution in [0.25, 0.3) is 11.1 Å². The third kappa shape index (κ3) is 1.67. The summed E-state index contributed by atoms with van der Waals surface area (Å²) in [6.07, 6.45) is 0.839. The number of nitrogen functional groups attached to an aromatic ring is 1. The fourth-order valence-electron chi connectivity index (χ4n) is 1.80. The Morgan fingerprint density at radius 3 is 2.69 bits per heavy atom. The van der Waals surface area contributed by atoms with Crippen molar-refractivity contribution >= 4 is 17.4 Å². The average Bonchev–Trinajstić information content (AvgIpc) is 2.56. The predicted molar refractivity (Wildman–Crippen MR) is 67.4 cm³/mol. The van der Waals surface area contributed by atoms with Gasteiger partial charge in [-0.1, -0.05) is 36.7 Å². The second-order valence-electron chi connectivity index (χ2n) is 3.66. The van der Waals surface area contributed by atoms with Crippen molar-refractivity contribution in [3.8, 4) is 11.1 Å². The van der Waals surface area contributed by atoms with Gasteiger partial charge < -0.3 is 5.73 Å². The summed E-state index contributed by atoms with van der Waals surface area (Å²) in [6.45, 7) is 2.06. The van der Waals surface area contributed by atoms with Crippen LogP contribution < -0.4 is 5.73 Å². The van der Waals surface area contributed by atoms with E-state index in [0.29, 0.717) is 10.8 Å². The van der Waals surface area contributed by atoms with E-state index >= 15 is 0 Å². The molecule has 3 nitrogen and oxygen atoms in total. The van der Waals surface area contributed by atoms with Crippen molar-refractivity contribution in [1.82, 2.24) is 9.78 Å². The van der Waals surface area contributed by atoms with Crippen molar-refractivity contribution < 1.29 is 0 Å². The van der Waals surface area contributed by atoms with Crippen LogP contribution in [-0.2, 0) is 13.5 Å². The molecule has 1 heterocycles. The van der Waals surface area contributed by atoms with Gasteiger partial charge in [0.05, 0.1) is 5.69 Å². The number of benzene rings is 1. The van der Waals surface area contributed by atoms with Gasteiger partial charge in [0.1, 0.15) is 5.82 Å². The van der Waals surface area contributed by atoms with Crippen LogP contribution in [0, 0.1) is 0 Å². The molecule has 2 rings (SSSR count). The zero-order valence-corrected chi connectivity index (χ0v) is 10.1. The maximum Gasteiger partial charge on any atom is 0.129 e. The molecule has 0 aliphatic heterocycles. The molecule has 0 saturated carbocycles. The Balaban J connectivity index is 2.68. The van der Waals surface area contributed by atoms with Crippen LogP contribution >= 0.6 is 11.6 Å². The zero-order chi connectivity index (χ0) is 11.7. The number of nitrogens with two attached hydrogens (primary N) is 1. The Kier molecular flexibility index (Phi) is 2.88. The van der Waals surface area contributed by atoms with Crippen LogP contribution in [0.5, 0.6) is 0 Å². The van der Waals surface area contributed by atoms with Gasteiger partial charge in [0.25, 0.3) is 0 Å². The number of aryl methyl sites for hydroxylation is 2. The highest BCUT2D eigenvalue weighted by molar-refractivity contribution is 6.33. The lowest BCUT2D eigenvalue weighted by atomic mass is 10.0. The van der Waals surface area contributed by atoms with Gasteiger partial charge in [0.15, 0.2) is 0 Å². The van der Waals surface area contributed by atoms with Crippen molar-refractivity contribution in [3.63, 3.8) is 0 Å². The number of aromatic nitrogens is 2. The summed E-state index contributed by atoms with van der Waals surface area (Å²) >= 11 is 6.18. The molecule has 0 fully saturated rings. The van der Waals surface area contributed by atoms with E-state index in [4.69, 9.17) is 17.3 Å². The standard InChI is InChI=1S/C12H14ClN3/c1-3-10-11(12(14)16(2)15-10)8-6-4-5-7-9(8)13/h4-7H,3,14H2,1-2H3. The molecule has 0 atom stereocenters. The Morgan fingerprint density at radius 1 is 1.38 bits per heavy atom. The fourth-order valence-corrected chi connectivity index (χ4v) is 2.03. The molecule has 4 heteroatoms. The van der Waals surface area contributed by atoms with E-state index in [1.54, 1.807) is 4.68 Å². The highest BCUT2D eigenvalue weighted by atomic mass is 35.5. The first-order valence-electron chi connectivity index (χ1n) is 5.21. The van der Waals surface area contributed by atoms with Crippen LogP contribution in [0.2, 0.25) is 5.02 Å². The summed E-state index contributed by atoms with van der Waals surface area (Å²) in [4.78, 5) is 0. The lowest BCUT2D eigenvalue weighted by Crippen LogP contribution is -1.98. The van der Waals surface area contributed by atoms with E-state index < -0.39 is 0 Å². The third-order valence-electron chi connectivity index (χ3n) is 2.64. The first-order valence-corrected chi connectivity index (χ1v) is 5.59. The van der Waals surface area contributed by atoms with Crippen molar-refractivity contribution in [3.05, 3.63) is 35.0 Å². The molecular formula is C12H14ClN3. The zero-order valence-electron chi connectivity index (χ0n) is 9.37. The van der Waals surface area contributed by atoms with Crippen LogP contribution in [0.4, 0.5) is 5.82 Å². The summed E-state index contributed by atoms with van der Waals surface area (Å²) < 4.78 is 1.69. The molecule has 0 saturated heterocycles. The molecule has 1 aromatic heterocycles. The second-order valence-corrected chi connectivity index (χ2v) is 4.07. The molecule has 2 aromatic rings. The predicted octanol–water partition coefficient (Wildman–Crippen LogP) is 2.89. The molecule has 0 aliphatic carbocycles. The normalized spacial score (nSPS) is 10.7. The molecule has 0 aliphatic rings. The first kappa shape index (κ1) is 11.0. The topological polar surface area (TPSA) is 43.8 Å². The highest BCUT2D eigenvalue weighted by Crippen LogP contribution is 2.34. The lowest BCUT2D eigenvalue weighted by molar-refractivity contribution is 0.755. The number of hydrogen-bond acceptors (Lipinski definition) is 2. The van der Waals surface area contributed by atoms with Crippen LogP contribution in [-0.4, -0.2) is 9.78 Å². The van der Waals surface area contributed by atoms with Crippen LogP contribution in [0.15, 0.2) is 24.3 Å². The molecule has 0 unspecified atom stereocenters. The Bertz CT molecular complexity index is 517. The van der Waals surface area contributed by atoms with Crippen molar-refractivity contribution in [2.45, 2.75) is 13.3 Å². The molecule has 16 heavy (non-hydrogen) atoms. The van der Waals surface area contributed by atoms with E-state index in [-0.39, 0.29) is 0 Å². The van der Waals surface area contributed by atoms with Gasteiger partial charge in [0.2, 0.25) is 0 Å². The van der Waals surface area contributed by atoms with Crippen LogP contribution in [0.3, 0.4) is 0 Å². The van der Waals surface area contributed by atoms with Crippen molar-refractivity contribution in [1.29, 1.82) is 0 Å². The summed E-state index contributed by atoms with van der Waals surface area (Å²) in [5.41, 5.74) is 8.91. The minimum absolute atomic E-state index is 0.657. The minimum atomic E-state index is 0.657. The van der Waals surface area contributed by atoms with Gasteiger partial charge in [-0.2, -0.15) is 5.10 Å². The number of hydrogen-bond donors (Lipinski definition) is 1. The van der Waals surface area contributed by atoms with E-state index in [9.17, 15) is 0 Å². The monoisotopic (exact) mass is 235 g/mol. The van der Waals surface area contributed by atoms with Crippen LogP contribution in [0.1, 0.15) is 12.6 Å². The highest BCUT2D eigenvalue weighted by Gasteiger charge is 2.16. The van der Waals surface area contributed by atoms with Crippen molar-refractivity contribution in [2.75, 3.05) is 5.73 Å². The molecule has 84 valence electrons. The number of halogens is 1. The minimum Gasteiger partial charge on any atom is -0.383 e. The average molecular weight is 236 g/mol. The van der Waals surface area contributed by atoms with Gasteiger partial charge in [0, 0.05) is 23.2 Å². The number of anilines is 1. The summed E-state index contributed by atoms with van der Waals surface area (Å²) in [7, 11) is 1.84. The summed E-state index contributed by atoms with van der Waals surface area (Å²) in [5.74, 6) is 0.657. The maximum atomic E-state index is 6.18. The number of rotatable bonds is 2. The molecule has 0 bridgehead atoms. The summed E-state index contributed by atoms with van der Waals surface area (Å²) in [6, 6.07) is 7.69. The van der Waals surface area contributed by atoms with E-state index in [1.807, 2.05) is 31.3 Å². The lowest BCUT2D eigenvalue weighted by Gasteiger charge is -2.05. The quantitative estimate of drug-likeness (QED) is 0.870. The SMILES string of the molecule is CCc1nn(C)c(N)c1-c1ccccc1Cl. The fraction of sp³-hybridized carbons (Fsp3) is 0.250. The van der Waals surface area contributed by atoms with E-state index in [0.717, 1.165) is 23.2 Å². The second kappa shape index (κ2) is 4.18. The van der Waals surface area contributed by atoms with Gasteiger partial charge in [-0.15, -0.1) is 0 Å². The molecule has 0 amide bonds. The Morgan fingerprint density at radius 2 is 2.06 bits per heavy atom. The van der Waals surface area contributed by atoms with E-state index in [1.165, 1.54) is 0 Å². The molecule has 0 radical (unpaired) electrons. The van der Waals surface area contributed by atoms with Gasteiger partial charge in [-0.05, 0) is 12.5 Å². The van der Waals surface area contributed by atoms with Gasteiger partial charge in [-0.3, -0.25) is 4.68 Å². The molecular weight excluding hydrogens is 222 g/mol. The largest absolute Gasteiger partial charge is 0.383 e. The Labute approximate surface area is 99.8 Å². The molecule has 2 N–H and O–H groups in total. The van der Waals surface area contributed by atoms with E-state index in [2.05, 4.69) is 12.0 Å². The van der Waals surface area contributed by atoms with Gasteiger partial charge in [-0.25, -0.2) is 0 Å². The smallest absolute Gasteiger partial charge is 0.129 e. The molecule has 0 spiro atoms. The molecule has 1 aromatic carbocycles. The Hall–Kier alpha value is -1.48. The maximum absolute atomic E-state index is 6.18. The first-order chi connectivity index (χ1) is 7.65.